The Morgan fingerprint density at radius 2 is 2.05 bits per heavy atom. The number of pyridine rings is 1. The zero-order valence-electron chi connectivity index (χ0n) is 12.1. The number of nitrogens with zero attached hydrogens (tertiary/aromatic N) is 1. The molecule has 1 saturated heterocycles. The average Bonchev–Trinajstić information content (AvgIpc) is 2.50. The number of amides is 1. The molecule has 6 nitrogen and oxygen atoms in total. The monoisotopic (exact) mass is 292 g/mol. The fourth-order valence-corrected chi connectivity index (χ4v) is 3.03. The third-order valence-corrected chi connectivity index (χ3v) is 4.18. The standard InChI is InChI=1S/C15H20N2O4/c1-17-6-2-3-11(15(17)19)14(18)16-10-4-5-12-13(9-10)21-8-7-20-12/h2-3,6,10,12-13H,4-5,7-9H2,1H3,(H,16,18). The molecular weight excluding hydrogens is 272 g/mol. The van der Waals surface area contributed by atoms with Crippen LogP contribution in [0.4, 0.5) is 0 Å². The van der Waals surface area contributed by atoms with Crippen LogP contribution in [-0.2, 0) is 16.5 Å². The highest BCUT2D eigenvalue weighted by atomic mass is 16.6. The third-order valence-electron chi connectivity index (χ3n) is 4.18. The van der Waals surface area contributed by atoms with Gasteiger partial charge in [-0.05, 0) is 31.4 Å². The van der Waals surface area contributed by atoms with Gasteiger partial charge in [-0.15, -0.1) is 0 Å². The van der Waals surface area contributed by atoms with E-state index >= 15 is 0 Å². The van der Waals surface area contributed by atoms with Gasteiger partial charge in [0.05, 0.1) is 25.4 Å². The molecule has 0 spiro atoms. The third kappa shape index (κ3) is 3.01. The summed E-state index contributed by atoms with van der Waals surface area (Å²) in [6.45, 7) is 1.26. The van der Waals surface area contributed by atoms with Gasteiger partial charge in [-0.1, -0.05) is 0 Å². The average molecular weight is 292 g/mol. The summed E-state index contributed by atoms with van der Waals surface area (Å²) in [7, 11) is 1.64. The summed E-state index contributed by atoms with van der Waals surface area (Å²) in [6.07, 6.45) is 4.31. The lowest BCUT2D eigenvalue weighted by molar-refractivity contribution is -0.157. The van der Waals surface area contributed by atoms with Crippen molar-refractivity contribution in [1.29, 1.82) is 0 Å². The van der Waals surface area contributed by atoms with Gasteiger partial charge in [0.15, 0.2) is 0 Å². The van der Waals surface area contributed by atoms with E-state index in [2.05, 4.69) is 5.32 Å². The Morgan fingerprint density at radius 3 is 2.86 bits per heavy atom. The normalized spacial score (nSPS) is 28.7. The Kier molecular flexibility index (Phi) is 4.07. The highest BCUT2D eigenvalue weighted by Gasteiger charge is 2.34. The number of fused-ring (bicyclic) bond motifs is 1. The molecule has 21 heavy (non-hydrogen) atoms. The molecule has 114 valence electrons. The molecule has 2 fully saturated rings. The summed E-state index contributed by atoms with van der Waals surface area (Å²) in [4.78, 5) is 24.2. The number of carbonyl (C=O) groups is 1. The van der Waals surface area contributed by atoms with Gasteiger partial charge in [0, 0.05) is 19.3 Å². The number of nitrogens with one attached hydrogen (secondary N) is 1. The molecule has 3 atom stereocenters. The maximum atomic E-state index is 12.2. The molecule has 0 aromatic carbocycles. The van der Waals surface area contributed by atoms with Crippen molar-refractivity contribution in [3.63, 3.8) is 0 Å². The molecule has 1 aromatic rings. The smallest absolute Gasteiger partial charge is 0.263 e. The van der Waals surface area contributed by atoms with Crippen LogP contribution in [-0.4, -0.2) is 41.9 Å². The zero-order valence-corrected chi connectivity index (χ0v) is 12.1. The van der Waals surface area contributed by atoms with Crippen molar-refractivity contribution in [2.75, 3.05) is 13.2 Å². The molecule has 1 aliphatic heterocycles. The fourth-order valence-electron chi connectivity index (χ4n) is 3.03. The first-order valence-corrected chi connectivity index (χ1v) is 7.35. The molecular formula is C15H20N2O4. The van der Waals surface area contributed by atoms with E-state index in [4.69, 9.17) is 9.47 Å². The predicted octanol–water partition coefficient (Wildman–Crippen LogP) is 0.452. The summed E-state index contributed by atoms with van der Waals surface area (Å²) >= 11 is 0. The van der Waals surface area contributed by atoms with Crippen LogP contribution in [0.25, 0.3) is 0 Å². The van der Waals surface area contributed by atoms with Crippen molar-refractivity contribution in [2.24, 2.45) is 7.05 Å². The summed E-state index contributed by atoms with van der Waals surface area (Å²) < 4.78 is 12.8. The highest BCUT2D eigenvalue weighted by molar-refractivity contribution is 5.93. The molecule has 2 aliphatic rings. The molecule has 2 heterocycles. The van der Waals surface area contributed by atoms with Gasteiger partial charge in [0.25, 0.3) is 11.5 Å². The zero-order chi connectivity index (χ0) is 14.8. The van der Waals surface area contributed by atoms with E-state index < -0.39 is 0 Å². The Balaban J connectivity index is 1.65. The van der Waals surface area contributed by atoms with E-state index in [1.54, 1.807) is 25.4 Å². The SMILES string of the molecule is Cn1cccc(C(=O)NC2CCC3OCCOC3C2)c1=O. The quantitative estimate of drug-likeness (QED) is 0.859. The van der Waals surface area contributed by atoms with E-state index in [1.165, 1.54) is 4.57 Å². The van der Waals surface area contributed by atoms with Crippen LogP contribution in [0.2, 0.25) is 0 Å². The minimum atomic E-state index is -0.309. The van der Waals surface area contributed by atoms with E-state index in [0.717, 1.165) is 19.3 Å². The van der Waals surface area contributed by atoms with E-state index in [1.807, 2.05) is 0 Å². The van der Waals surface area contributed by atoms with Crippen LogP contribution in [0.1, 0.15) is 29.6 Å². The van der Waals surface area contributed by atoms with Gasteiger partial charge >= 0.3 is 0 Å². The van der Waals surface area contributed by atoms with Crippen molar-refractivity contribution >= 4 is 5.91 Å². The van der Waals surface area contributed by atoms with Crippen LogP contribution in [0.15, 0.2) is 23.1 Å². The van der Waals surface area contributed by atoms with Gasteiger partial charge in [0.1, 0.15) is 5.56 Å². The van der Waals surface area contributed by atoms with Crippen LogP contribution >= 0.6 is 0 Å². The number of aromatic nitrogens is 1. The van der Waals surface area contributed by atoms with Crippen LogP contribution in [0, 0.1) is 0 Å². The number of hydrogen-bond acceptors (Lipinski definition) is 4. The van der Waals surface area contributed by atoms with Crippen molar-refractivity contribution in [3.8, 4) is 0 Å². The Labute approximate surface area is 123 Å². The summed E-state index contributed by atoms with van der Waals surface area (Å²) in [6, 6.07) is 3.29. The van der Waals surface area contributed by atoms with Crippen molar-refractivity contribution in [1.82, 2.24) is 9.88 Å². The lowest BCUT2D eigenvalue weighted by Crippen LogP contribution is -2.49. The molecule has 1 amide bonds. The van der Waals surface area contributed by atoms with Crippen molar-refractivity contribution < 1.29 is 14.3 Å². The number of aryl methyl sites for hydroxylation is 1. The molecule has 3 rings (SSSR count). The number of ether oxygens (including phenoxy) is 2. The molecule has 1 aliphatic carbocycles. The Bertz CT molecular complexity index is 583. The second-order valence-electron chi connectivity index (χ2n) is 5.64. The second kappa shape index (κ2) is 5.99. The first-order valence-electron chi connectivity index (χ1n) is 7.35. The number of carbonyl (C=O) groups excluding carboxylic acids is 1. The van der Waals surface area contributed by atoms with Crippen molar-refractivity contribution in [3.05, 3.63) is 34.2 Å². The Morgan fingerprint density at radius 1 is 1.29 bits per heavy atom. The number of rotatable bonds is 2. The lowest BCUT2D eigenvalue weighted by atomic mass is 9.89. The van der Waals surface area contributed by atoms with E-state index in [-0.39, 0.29) is 35.3 Å². The van der Waals surface area contributed by atoms with Gasteiger partial charge < -0.3 is 19.4 Å². The summed E-state index contributed by atoms with van der Waals surface area (Å²) in [5.74, 6) is -0.309. The molecule has 1 N–H and O–H groups in total. The minimum absolute atomic E-state index is 0.0327. The van der Waals surface area contributed by atoms with Gasteiger partial charge in [-0.25, -0.2) is 0 Å². The van der Waals surface area contributed by atoms with Gasteiger partial charge in [-0.2, -0.15) is 0 Å². The fraction of sp³-hybridized carbons (Fsp3) is 0.600. The summed E-state index contributed by atoms with van der Waals surface area (Å²) in [5.41, 5.74) is -0.0936. The topological polar surface area (TPSA) is 69.6 Å². The largest absolute Gasteiger partial charge is 0.373 e. The number of hydrogen-bond donors (Lipinski definition) is 1. The molecule has 3 unspecified atom stereocenters. The minimum Gasteiger partial charge on any atom is -0.373 e. The van der Waals surface area contributed by atoms with E-state index in [9.17, 15) is 9.59 Å². The first-order chi connectivity index (χ1) is 10.1. The van der Waals surface area contributed by atoms with E-state index in [0.29, 0.717) is 13.2 Å². The Hall–Kier alpha value is -1.66. The van der Waals surface area contributed by atoms with Crippen molar-refractivity contribution in [2.45, 2.75) is 37.5 Å². The van der Waals surface area contributed by atoms with Gasteiger partial charge in [-0.3, -0.25) is 9.59 Å². The predicted molar refractivity (Wildman–Crippen MR) is 76.3 cm³/mol. The first kappa shape index (κ1) is 14.3. The van der Waals surface area contributed by atoms with Crippen LogP contribution in [0.5, 0.6) is 0 Å². The molecule has 6 heteroatoms. The summed E-state index contributed by atoms with van der Waals surface area (Å²) in [5, 5.41) is 2.95. The van der Waals surface area contributed by atoms with Crippen LogP contribution in [0.3, 0.4) is 0 Å². The van der Waals surface area contributed by atoms with Crippen LogP contribution < -0.4 is 10.9 Å². The highest BCUT2D eigenvalue weighted by Crippen LogP contribution is 2.26. The maximum Gasteiger partial charge on any atom is 0.263 e. The molecule has 0 bridgehead atoms. The molecule has 1 saturated carbocycles. The van der Waals surface area contributed by atoms with Gasteiger partial charge in [0.2, 0.25) is 0 Å². The maximum absolute atomic E-state index is 12.2. The molecule has 0 radical (unpaired) electrons. The lowest BCUT2D eigenvalue weighted by Gasteiger charge is -2.39. The second-order valence-corrected chi connectivity index (χ2v) is 5.64. The molecule has 1 aromatic heterocycles.